The van der Waals surface area contributed by atoms with Gasteiger partial charge in [0.05, 0.1) is 5.56 Å². The summed E-state index contributed by atoms with van der Waals surface area (Å²) in [5.74, 6) is -0.971. The quantitative estimate of drug-likeness (QED) is 0.765. The van der Waals surface area contributed by atoms with Crippen molar-refractivity contribution in [2.24, 2.45) is 0 Å². The summed E-state index contributed by atoms with van der Waals surface area (Å²) in [5, 5.41) is 11.8. The molecule has 3 nitrogen and oxygen atoms in total. The minimum absolute atomic E-state index is 0.229. The molecule has 1 aromatic heterocycles. The molecule has 0 saturated heterocycles. The van der Waals surface area contributed by atoms with Gasteiger partial charge in [-0.1, -0.05) is 41.9 Å². The van der Waals surface area contributed by atoms with Crippen molar-refractivity contribution in [3.05, 3.63) is 65.4 Å². The third-order valence-electron chi connectivity index (χ3n) is 3.21. The maximum Gasteiger partial charge on any atom is 0.336 e. The molecule has 0 aliphatic rings. The second-order valence-electron chi connectivity index (χ2n) is 4.37. The number of carboxylic acids is 1. The molecule has 3 rings (SSSR count). The summed E-state index contributed by atoms with van der Waals surface area (Å²) in [6.45, 7) is 0. The lowest BCUT2D eigenvalue weighted by Gasteiger charge is -2.10. The minimum atomic E-state index is -0.971. The zero-order valence-electron chi connectivity index (χ0n) is 10.4. The first-order valence-corrected chi connectivity index (χ1v) is 6.41. The topological polar surface area (TPSA) is 50.2 Å². The van der Waals surface area contributed by atoms with Crippen LogP contribution in [0.4, 0.5) is 0 Å². The number of fused-ring (bicyclic) bond motifs is 1. The van der Waals surface area contributed by atoms with Crippen LogP contribution in [0.15, 0.2) is 54.9 Å². The average Bonchev–Trinajstić information content (AvgIpc) is 2.48. The van der Waals surface area contributed by atoms with Crippen LogP contribution in [0.25, 0.3) is 21.9 Å². The number of carboxylic acid groups (broad SMARTS) is 1. The Bertz CT molecular complexity index is 814. The summed E-state index contributed by atoms with van der Waals surface area (Å²) in [5.41, 5.74) is 1.64. The average molecular weight is 284 g/mol. The first kappa shape index (κ1) is 12.6. The summed E-state index contributed by atoms with van der Waals surface area (Å²) < 4.78 is 0. The van der Waals surface area contributed by atoms with Gasteiger partial charge in [0.25, 0.3) is 0 Å². The fourth-order valence-corrected chi connectivity index (χ4v) is 2.52. The van der Waals surface area contributed by atoms with E-state index in [1.54, 1.807) is 12.3 Å². The van der Waals surface area contributed by atoms with E-state index in [1.807, 2.05) is 30.3 Å². The predicted octanol–water partition coefficient (Wildman–Crippen LogP) is 4.25. The van der Waals surface area contributed by atoms with Crippen LogP contribution >= 0.6 is 11.6 Å². The van der Waals surface area contributed by atoms with E-state index in [1.165, 1.54) is 12.3 Å². The molecule has 0 radical (unpaired) electrons. The van der Waals surface area contributed by atoms with E-state index < -0.39 is 5.97 Å². The van der Waals surface area contributed by atoms with Gasteiger partial charge in [-0.15, -0.1) is 0 Å². The Balaban J connectivity index is 2.37. The van der Waals surface area contributed by atoms with Crippen LogP contribution in [0.2, 0.25) is 5.02 Å². The van der Waals surface area contributed by atoms with Crippen molar-refractivity contribution in [3.63, 3.8) is 0 Å². The second kappa shape index (κ2) is 4.94. The first-order valence-electron chi connectivity index (χ1n) is 6.03. The highest BCUT2D eigenvalue weighted by Crippen LogP contribution is 2.34. The van der Waals surface area contributed by atoms with Gasteiger partial charge >= 0.3 is 5.97 Å². The minimum Gasteiger partial charge on any atom is -0.478 e. The fraction of sp³-hybridized carbons (Fsp3) is 0. The lowest BCUT2D eigenvalue weighted by molar-refractivity contribution is 0.0697. The van der Waals surface area contributed by atoms with Gasteiger partial charge in [0.2, 0.25) is 0 Å². The lowest BCUT2D eigenvalue weighted by Crippen LogP contribution is -2.00. The number of hydrogen-bond acceptors (Lipinski definition) is 2. The second-order valence-corrected chi connectivity index (χ2v) is 4.77. The summed E-state index contributed by atoms with van der Waals surface area (Å²) in [6.07, 6.45) is 3.05. The Morgan fingerprint density at radius 3 is 2.50 bits per heavy atom. The molecule has 0 bridgehead atoms. The van der Waals surface area contributed by atoms with E-state index in [-0.39, 0.29) is 5.56 Å². The Hall–Kier alpha value is -2.39. The molecular formula is C16H10ClNO2. The van der Waals surface area contributed by atoms with Gasteiger partial charge in [0.1, 0.15) is 0 Å². The van der Waals surface area contributed by atoms with Crippen molar-refractivity contribution >= 4 is 28.3 Å². The van der Waals surface area contributed by atoms with Gasteiger partial charge in [-0.05, 0) is 23.1 Å². The number of aromatic nitrogens is 1. The predicted molar refractivity (Wildman–Crippen MR) is 79.1 cm³/mol. The molecule has 98 valence electrons. The zero-order chi connectivity index (χ0) is 14.1. The summed E-state index contributed by atoms with van der Waals surface area (Å²) in [6, 6.07) is 12.7. The molecule has 20 heavy (non-hydrogen) atoms. The monoisotopic (exact) mass is 283 g/mol. The van der Waals surface area contributed by atoms with E-state index in [9.17, 15) is 9.90 Å². The van der Waals surface area contributed by atoms with Gasteiger partial charge in [0, 0.05) is 28.4 Å². The molecule has 0 atom stereocenters. The molecule has 1 heterocycles. The molecule has 0 amide bonds. The van der Waals surface area contributed by atoms with E-state index in [2.05, 4.69) is 4.98 Å². The number of benzene rings is 2. The summed E-state index contributed by atoms with van der Waals surface area (Å²) in [4.78, 5) is 15.4. The Kier molecular flexibility index (Phi) is 3.12. The number of nitrogens with zero attached hydrogens (tertiary/aromatic N) is 1. The van der Waals surface area contributed by atoms with Crippen LogP contribution in [0, 0.1) is 0 Å². The van der Waals surface area contributed by atoms with Crippen molar-refractivity contribution < 1.29 is 9.90 Å². The molecule has 3 aromatic rings. The van der Waals surface area contributed by atoms with Crippen LogP contribution in [0.1, 0.15) is 10.4 Å². The van der Waals surface area contributed by atoms with E-state index in [0.29, 0.717) is 10.6 Å². The van der Waals surface area contributed by atoms with Crippen LogP contribution < -0.4 is 0 Å². The van der Waals surface area contributed by atoms with Gasteiger partial charge in [-0.2, -0.15) is 0 Å². The fourth-order valence-electron chi connectivity index (χ4n) is 2.29. The lowest BCUT2D eigenvalue weighted by atomic mass is 9.96. The molecular weight excluding hydrogens is 274 g/mol. The van der Waals surface area contributed by atoms with Crippen LogP contribution in [-0.2, 0) is 0 Å². The molecule has 0 aliphatic heterocycles. The molecule has 2 aromatic carbocycles. The number of carbonyl (C=O) groups is 1. The third-order valence-corrected chi connectivity index (χ3v) is 3.54. The van der Waals surface area contributed by atoms with Gasteiger partial charge in [-0.3, -0.25) is 4.98 Å². The van der Waals surface area contributed by atoms with Crippen molar-refractivity contribution in [2.75, 3.05) is 0 Å². The molecule has 0 fully saturated rings. The van der Waals surface area contributed by atoms with Crippen LogP contribution in [-0.4, -0.2) is 16.1 Å². The van der Waals surface area contributed by atoms with E-state index in [4.69, 9.17) is 11.6 Å². The van der Waals surface area contributed by atoms with Crippen LogP contribution in [0.3, 0.4) is 0 Å². The van der Waals surface area contributed by atoms with Crippen LogP contribution in [0.5, 0.6) is 0 Å². The highest BCUT2D eigenvalue weighted by Gasteiger charge is 2.14. The summed E-state index contributed by atoms with van der Waals surface area (Å²) >= 11 is 6.19. The number of pyridine rings is 1. The molecule has 0 saturated carbocycles. The standard InChI is InChI=1S/C16H10ClNO2/c17-15-6-5-11(10-3-1-2-4-12(10)15)14-9-18-8-7-13(14)16(19)20/h1-9H,(H,19,20). The first-order chi connectivity index (χ1) is 9.68. The Morgan fingerprint density at radius 1 is 1.00 bits per heavy atom. The van der Waals surface area contributed by atoms with Crippen molar-refractivity contribution in [1.82, 2.24) is 4.98 Å². The van der Waals surface area contributed by atoms with Gasteiger partial charge in [0.15, 0.2) is 0 Å². The highest BCUT2D eigenvalue weighted by molar-refractivity contribution is 6.36. The van der Waals surface area contributed by atoms with Gasteiger partial charge < -0.3 is 5.11 Å². The Labute approximate surface area is 120 Å². The maximum absolute atomic E-state index is 11.3. The molecule has 4 heteroatoms. The third kappa shape index (κ3) is 2.02. The zero-order valence-corrected chi connectivity index (χ0v) is 11.1. The van der Waals surface area contributed by atoms with E-state index in [0.717, 1.165) is 16.3 Å². The number of rotatable bonds is 2. The highest BCUT2D eigenvalue weighted by atomic mass is 35.5. The van der Waals surface area contributed by atoms with Crippen molar-refractivity contribution in [1.29, 1.82) is 0 Å². The van der Waals surface area contributed by atoms with Crippen molar-refractivity contribution in [3.8, 4) is 11.1 Å². The smallest absolute Gasteiger partial charge is 0.336 e. The molecule has 1 N–H and O–H groups in total. The number of hydrogen-bond donors (Lipinski definition) is 1. The van der Waals surface area contributed by atoms with Gasteiger partial charge in [-0.25, -0.2) is 4.79 Å². The molecule has 0 unspecified atom stereocenters. The molecule has 0 aliphatic carbocycles. The van der Waals surface area contributed by atoms with E-state index >= 15 is 0 Å². The normalized spacial score (nSPS) is 10.7. The van der Waals surface area contributed by atoms with Crippen molar-refractivity contribution in [2.45, 2.75) is 0 Å². The maximum atomic E-state index is 11.3. The number of aromatic carboxylic acids is 1. The Morgan fingerprint density at radius 2 is 1.75 bits per heavy atom. The largest absolute Gasteiger partial charge is 0.478 e. The summed E-state index contributed by atoms with van der Waals surface area (Å²) in [7, 11) is 0. The molecule has 0 spiro atoms. The number of halogens is 1. The SMILES string of the molecule is O=C(O)c1ccncc1-c1ccc(Cl)c2ccccc12.